The summed E-state index contributed by atoms with van der Waals surface area (Å²) in [5.74, 6) is -2.21. The molecule has 0 aliphatic heterocycles. The SMILES string of the molecule is CS(=O)(=O)c1ncc(C(F)(F)F)cc1C(=O)NC(c1cccc(F)c1Cl)C1(O)CCC(F)CC1. The van der Waals surface area contributed by atoms with Gasteiger partial charge in [-0.2, -0.15) is 13.2 Å². The van der Waals surface area contributed by atoms with E-state index in [-0.39, 0.29) is 37.4 Å². The quantitative estimate of drug-likeness (QED) is 0.563. The second kappa shape index (κ2) is 9.38. The van der Waals surface area contributed by atoms with Gasteiger partial charge in [0, 0.05) is 12.5 Å². The monoisotopic (exact) mass is 526 g/mol. The number of carbonyl (C=O) groups excluding carboxylic acids is 1. The van der Waals surface area contributed by atoms with Crippen molar-refractivity contribution in [3.8, 4) is 0 Å². The number of carbonyl (C=O) groups is 1. The molecule has 186 valence electrons. The van der Waals surface area contributed by atoms with E-state index in [1.807, 2.05) is 0 Å². The first-order chi connectivity index (χ1) is 15.6. The Hall–Kier alpha value is -2.31. The number of sulfone groups is 1. The molecule has 2 aromatic rings. The summed E-state index contributed by atoms with van der Waals surface area (Å²) in [6, 6.07) is 2.39. The average molecular weight is 527 g/mol. The fraction of sp³-hybridized carbons (Fsp3) is 0.429. The maximum absolute atomic E-state index is 14.2. The molecule has 3 rings (SSSR count). The highest BCUT2D eigenvalue weighted by molar-refractivity contribution is 7.90. The minimum absolute atomic E-state index is 0.0878. The minimum Gasteiger partial charge on any atom is -0.387 e. The lowest BCUT2D eigenvalue weighted by molar-refractivity contribution is -0.137. The molecule has 6 nitrogen and oxygen atoms in total. The van der Waals surface area contributed by atoms with Crippen molar-refractivity contribution in [2.45, 2.75) is 54.7 Å². The van der Waals surface area contributed by atoms with E-state index in [1.54, 1.807) is 0 Å². The molecule has 1 aromatic heterocycles. The lowest BCUT2D eigenvalue weighted by Crippen LogP contribution is -2.49. The highest BCUT2D eigenvalue weighted by Crippen LogP contribution is 2.42. The molecule has 0 saturated heterocycles. The van der Waals surface area contributed by atoms with Crippen LogP contribution in [0.1, 0.15) is 53.2 Å². The van der Waals surface area contributed by atoms with E-state index in [0.717, 1.165) is 6.07 Å². The molecule has 2 N–H and O–H groups in total. The Balaban J connectivity index is 2.12. The standard InChI is InChI=1S/C21H20ClF5N2O4S/c1-34(32,33)19-14(9-11(10-28-19)21(25,26)27)18(30)29-17(13-3-2-4-15(24)16(13)22)20(31)7-5-12(23)6-8-20/h2-4,9-10,12,17,31H,5-8H2,1H3,(H,29,30). The number of pyridine rings is 1. The number of hydrogen-bond donors (Lipinski definition) is 2. The third-order valence-corrected chi connectivity index (χ3v) is 7.09. The van der Waals surface area contributed by atoms with Crippen molar-refractivity contribution in [3.63, 3.8) is 0 Å². The molecule has 13 heteroatoms. The summed E-state index contributed by atoms with van der Waals surface area (Å²) in [4.78, 5) is 16.4. The van der Waals surface area contributed by atoms with Crippen molar-refractivity contribution >= 4 is 27.3 Å². The topological polar surface area (TPSA) is 96.4 Å². The van der Waals surface area contributed by atoms with Crippen LogP contribution in [-0.2, 0) is 16.0 Å². The van der Waals surface area contributed by atoms with Crippen LogP contribution >= 0.6 is 11.6 Å². The largest absolute Gasteiger partial charge is 0.417 e. The predicted molar refractivity (Wildman–Crippen MR) is 112 cm³/mol. The van der Waals surface area contributed by atoms with E-state index >= 15 is 0 Å². The van der Waals surface area contributed by atoms with Crippen molar-refractivity contribution in [2.24, 2.45) is 0 Å². The number of nitrogens with one attached hydrogen (secondary N) is 1. The summed E-state index contributed by atoms with van der Waals surface area (Å²) in [5.41, 5.74) is -4.23. The summed E-state index contributed by atoms with van der Waals surface area (Å²) in [7, 11) is -4.24. The Morgan fingerprint density at radius 1 is 1.29 bits per heavy atom. The Kier molecular flexibility index (Phi) is 7.26. The van der Waals surface area contributed by atoms with E-state index in [4.69, 9.17) is 11.6 Å². The zero-order chi connectivity index (χ0) is 25.5. The molecule has 1 fully saturated rings. The molecule has 1 amide bonds. The third-order valence-electron chi connectivity index (χ3n) is 5.66. The van der Waals surface area contributed by atoms with Crippen LogP contribution in [0.3, 0.4) is 0 Å². The molecule has 0 bridgehead atoms. The molecule has 1 unspecified atom stereocenters. The number of hydrogen-bond acceptors (Lipinski definition) is 5. The van der Waals surface area contributed by atoms with E-state index in [1.165, 1.54) is 12.1 Å². The van der Waals surface area contributed by atoms with Crippen LogP contribution in [0.5, 0.6) is 0 Å². The van der Waals surface area contributed by atoms with E-state index in [2.05, 4.69) is 10.3 Å². The van der Waals surface area contributed by atoms with E-state index < -0.39 is 66.7 Å². The van der Waals surface area contributed by atoms with Crippen LogP contribution in [0.4, 0.5) is 22.0 Å². The molecule has 34 heavy (non-hydrogen) atoms. The first-order valence-electron chi connectivity index (χ1n) is 10.0. The Bertz CT molecular complexity index is 1200. The first kappa shape index (κ1) is 26.3. The average Bonchev–Trinajstić information content (AvgIpc) is 2.74. The summed E-state index contributed by atoms with van der Waals surface area (Å²) in [6.45, 7) is 0. The lowest BCUT2D eigenvalue weighted by Gasteiger charge is -2.41. The lowest BCUT2D eigenvalue weighted by atomic mass is 9.76. The Morgan fingerprint density at radius 2 is 1.91 bits per heavy atom. The van der Waals surface area contributed by atoms with Crippen molar-refractivity contribution < 1.29 is 40.3 Å². The van der Waals surface area contributed by atoms with Crippen LogP contribution in [0.15, 0.2) is 35.5 Å². The molecule has 1 saturated carbocycles. The van der Waals surface area contributed by atoms with Gasteiger partial charge in [0.25, 0.3) is 5.91 Å². The molecule has 1 aromatic carbocycles. The third kappa shape index (κ3) is 5.49. The number of aromatic nitrogens is 1. The molecule has 1 heterocycles. The second-order valence-corrected chi connectivity index (χ2v) is 10.5. The van der Waals surface area contributed by atoms with Crippen molar-refractivity contribution in [3.05, 3.63) is 58.0 Å². The van der Waals surface area contributed by atoms with Crippen LogP contribution in [0, 0.1) is 5.82 Å². The van der Waals surface area contributed by atoms with E-state index in [0.29, 0.717) is 12.3 Å². The van der Waals surface area contributed by atoms with Crippen molar-refractivity contribution in [2.75, 3.05) is 6.26 Å². The summed E-state index contributed by atoms with van der Waals surface area (Å²) < 4.78 is 91.7. The highest BCUT2D eigenvalue weighted by Gasteiger charge is 2.44. The van der Waals surface area contributed by atoms with Gasteiger partial charge in [-0.3, -0.25) is 4.79 Å². The van der Waals surface area contributed by atoms with Gasteiger partial charge < -0.3 is 10.4 Å². The predicted octanol–water partition coefficient (Wildman–Crippen LogP) is 4.41. The van der Waals surface area contributed by atoms with E-state index in [9.17, 15) is 40.3 Å². The maximum atomic E-state index is 14.2. The van der Waals surface area contributed by atoms with Crippen LogP contribution in [0.2, 0.25) is 5.02 Å². The molecular weight excluding hydrogens is 507 g/mol. The molecule has 0 spiro atoms. The molecule has 1 aliphatic carbocycles. The summed E-state index contributed by atoms with van der Waals surface area (Å²) in [6.07, 6.45) is -5.73. The molecular formula is C21H20ClF5N2O4S. The number of aliphatic hydroxyl groups is 1. The van der Waals surface area contributed by atoms with Gasteiger partial charge in [0.2, 0.25) is 0 Å². The maximum Gasteiger partial charge on any atom is 0.417 e. The van der Waals surface area contributed by atoms with Crippen LogP contribution in [-0.4, -0.2) is 42.4 Å². The zero-order valence-electron chi connectivity index (χ0n) is 17.7. The molecule has 1 atom stereocenters. The van der Waals surface area contributed by atoms with Crippen LogP contribution < -0.4 is 5.32 Å². The smallest absolute Gasteiger partial charge is 0.387 e. The van der Waals surface area contributed by atoms with Gasteiger partial charge in [-0.15, -0.1) is 0 Å². The van der Waals surface area contributed by atoms with Crippen molar-refractivity contribution in [1.82, 2.24) is 10.3 Å². The Labute approximate surface area is 197 Å². The van der Waals surface area contributed by atoms with Gasteiger partial charge >= 0.3 is 6.18 Å². The number of alkyl halides is 4. The molecule has 1 aliphatic rings. The number of rotatable bonds is 5. The normalized spacial score (nSPS) is 22.3. The van der Waals surface area contributed by atoms with Gasteiger partial charge in [0.1, 0.15) is 12.0 Å². The van der Waals surface area contributed by atoms with Gasteiger partial charge in [-0.05, 0) is 43.4 Å². The fourth-order valence-electron chi connectivity index (χ4n) is 3.89. The van der Waals surface area contributed by atoms with Gasteiger partial charge in [0.05, 0.1) is 27.8 Å². The second-order valence-electron chi connectivity index (χ2n) is 8.17. The molecule has 0 radical (unpaired) electrons. The van der Waals surface area contributed by atoms with Gasteiger partial charge in [-0.1, -0.05) is 23.7 Å². The summed E-state index contributed by atoms with van der Waals surface area (Å²) >= 11 is 6.05. The van der Waals surface area contributed by atoms with Crippen molar-refractivity contribution in [1.29, 1.82) is 0 Å². The highest BCUT2D eigenvalue weighted by atomic mass is 35.5. The number of halogens is 6. The summed E-state index contributed by atoms with van der Waals surface area (Å²) in [5, 5.41) is 12.2. The fourth-order valence-corrected chi connectivity index (χ4v) is 4.92. The van der Waals surface area contributed by atoms with Crippen LogP contribution in [0.25, 0.3) is 0 Å². The van der Waals surface area contributed by atoms with Gasteiger partial charge in [-0.25, -0.2) is 22.2 Å². The minimum atomic E-state index is -4.93. The number of benzene rings is 1. The Morgan fingerprint density at radius 3 is 2.47 bits per heavy atom. The number of nitrogens with zero attached hydrogens (tertiary/aromatic N) is 1. The number of amides is 1. The first-order valence-corrected chi connectivity index (χ1v) is 12.3. The van der Waals surface area contributed by atoms with Gasteiger partial charge in [0.15, 0.2) is 14.9 Å². The zero-order valence-corrected chi connectivity index (χ0v) is 19.2.